The van der Waals surface area contributed by atoms with E-state index in [1.807, 2.05) is 42.5 Å². The number of halogens is 2. The molecule has 1 saturated heterocycles. The Kier molecular flexibility index (Phi) is 7.23. The van der Waals surface area contributed by atoms with Gasteiger partial charge in [0.05, 0.1) is 6.04 Å². The van der Waals surface area contributed by atoms with Crippen LogP contribution in [0.5, 0.6) is 0 Å². The molecule has 4 nitrogen and oxygen atoms in total. The van der Waals surface area contributed by atoms with Crippen molar-refractivity contribution in [1.82, 2.24) is 5.32 Å². The lowest BCUT2D eigenvalue weighted by atomic mass is 9.62. The van der Waals surface area contributed by atoms with E-state index in [4.69, 9.17) is 23.2 Å². The molecule has 0 radical (unpaired) electrons. The lowest BCUT2D eigenvalue weighted by molar-refractivity contribution is -0.123. The van der Waals surface area contributed by atoms with Gasteiger partial charge in [0.2, 0.25) is 5.91 Å². The molecule has 1 aliphatic carbocycles. The maximum atomic E-state index is 14.2. The Morgan fingerprint density at radius 1 is 1.03 bits per heavy atom. The number of hydrogen-bond acceptors (Lipinski definition) is 3. The van der Waals surface area contributed by atoms with Crippen molar-refractivity contribution in [3.63, 3.8) is 0 Å². The molecule has 1 amide bonds. The lowest BCUT2D eigenvalue weighted by Gasteiger charge is -2.37. The van der Waals surface area contributed by atoms with Crippen molar-refractivity contribution >= 4 is 40.6 Å². The summed E-state index contributed by atoms with van der Waals surface area (Å²) in [5.74, 6) is 0.900. The SMILES string of the molecule is CC1CCC(CC(=O)[C@@H]2N[C@@H](CC(C)(C)C)[C@@]3(C(=O)Nc4cc(Cl)ccc43)[C@H]2c2cccc(Cl)c2)CC1. The summed E-state index contributed by atoms with van der Waals surface area (Å²) in [6, 6.07) is 12.7. The van der Waals surface area contributed by atoms with E-state index in [9.17, 15) is 9.59 Å². The molecular weight excluding hydrogens is 503 g/mol. The Hall–Kier alpha value is -1.88. The van der Waals surface area contributed by atoms with Crippen LogP contribution in [0, 0.1) is 17.3 Å². The van der Waals surface area contributed by atoms with Crippen LogP contribution in [0.1, 0.15) is 83.3 Å². The van der Waals surface area contributed by atoms with E-state index in [0.29, 0.717) is 22.4 Å². The topological polar surface area (TPSA) is 58.2 Å². The molecule has 2 aliphatic heterocycles. The number of carbonyl (C=O) groups is 2. The zero-order chi connectivity index (χ0) is 26.5. The van der Waals surface area contributed by atoms with Gasteiger partial charge in [0.1, 0.15) is 5.41 Å². The number of hydrogen-bond donors (Lipinski definition) is 2. The third-order valence-electron chi connectivity index (χ3n) is 8.80. The van der Waals surface area contributed by atoms with Gasteiger partial charge in [-0.05, 0) is 71.9 Å². The van der Waals surface area contributed by atoms with Crippen LogP contribution in [-0.2, 0) is 15.0 Å². The van der Waals surface area contributed by atoms with Gasteiger partial charge in [-0.3, -0.25) is 9.59 Å². The Morgan fingerprint density at radius 3 is 2.41 bits per heavy atom. The molecule has 2 fully saturated rings. The monoisotopic (exact) mass is 540 g/mol. The van der Waals surface area contributed by atoms with Crippen molar-refractivity contribution in [1.29, 1.82) is 0 Å². The van der Waals surface area contributed by atoms with Crippen LogP contribution in [0.4, 0.5) is 5.69 Å². The van der Waals surface area contributed by atoms with Crippen molar-refractivity contribution in [2.75, 3.05) is 5.32 Å². The summed E-state index contributed by atoms with van der Waals surface area (Å²) in [5, 5.41) is 8.07. The number of carbonyl (C=O) groups excluding carboxylic acids is 2. The van der Waals surface area contributed by atoms with Gasteiger partial charge in [0, 0.05) is 34.1 Å². The number of ketones is 1. The second kappa shape index (κ2) is 10.0. The van der Waals surface area contributed by atoms with Crippen LogP contribution in [0.3, 0.4) is 0 Å². The molecule has 0 unspecified atom stereocenters. The van der Waals surface area contributed by atoms with Gasteiger partial charge in [-0.2, -0.15) is 0 Å². The third-order valence-corrected chi connectivity index (χ3v) is 9.27. The summed E-state index contributed by atoms with van der Waals surface area (Å²) in [4.78, 5) is 28.3. The number of rotatable bonds is 5. The zero-order valence-corrected chi connectivity index (χ0v) is 23.8. The van der Waals surface area contributed by atoms with Crippen LogP contribution in [-0.4, -0.2) is 23.8 Å². The summed E-state index contributed by atoms with van der Waals surface area (Å²) >= 11 is 12.8. The molecular formula is C31H38Cl2N2O2. The average molecular weight is 542 g/mol. The fourth-order valence-corrected chi connectivity index (χ4v) is 7.49. The predicted molar refractivity (Wildman–Crippen MR) is 151 cm³/mol. The average Bonchev–Trinajstić information content (AvgIpc) is 3.29. The minimum absolute atomic E-state index is 0.0591. The molecule has 5 rings (SSSR count). The summed E-state index contributed by atoms with van der Waals surface area (Å²) in [6.45, 7) is 8.86. The van der Waals surface area contributed by atoms with Crippen molar-refractivity contribution in [3.8, 4) is 0 Å². The first-order valence-corrected chi connectivity index (χ1v) is 14.4. The number of amides is 1. The van der Waals surface area contributed by atoms with Crippen LogP contribution in [0.15, 0.2) is 42.5 Å². The number of nitrogens with one attached hydrogen (secondary N) is 2. The zero-order valence-electron chi connectivity index (χ0n) is 22.2. The van der Waals surface area contributed by atoms with Gasteiger partial charge < -0.3 is 10.6 Å². The third kappa shape index (κ3) is 4.97. The highest BCUT2D eigenvalue weighted by Gasteiger charge is 2.65. The van der Waals surface area contributed by atoms with Gasteiger partial charge in [-0.15, -0.1) is 0 Å². The molecule has 0 bridgehead atoms. The fourth-order valence-electron chi connectivity index (χ4n) is 7.12. The van der Waals surface area contributed by atoms with Crippen molar-refractivity contribution in [2.24, 2.45) is 17.3 Å². The summed E-state index contributed by atoms with van der Waals surface area (Å²) in [7, 11) is 0. The molecule has 3 aliphatic rings. The number of benzene rings is 2. The van der Waals surface area contributed by atoms with Gasteiger partial charge in [-0.1, -0.05) is 81.9 Å². The van der Waals surface area contributed by atoms with Crippen LogP contribution in [0.25, 0.3) is 0 Å². The molecule has 6 heteroatoms. The molecule has 198 valence electrons. The molecule has 2 N–H and O–H groups in total. The molecule has 0 aromatic heterocycles. The molecule has 2 aromatic carbocycles. The van der Waals surface area contributed by atoms with Gasteiger partial charge in [-0.25, -0.2) is 0 Å². The van der Waals surface area contributed by atoms with Crippen LogP contribution < -0.4 is 10.6 Å². The maximum absolute atomic E-state index is 14.2. The van der Waals surface area contributed by atoms with Crippen LogP contribution >= 0.6 is 23.2 Å². The van der Waals surface area contributed by atoms with E-state index < -0.39 is 11.5 Å². The van der Waals surface area contributed by atoms with E-state index in [2.05, 4.69) is 38.3 Å². The highest BCUT2D eigenvalue weighted by atomic mass is 35.5. The Morgan fingerprint density at radius 2 is 1.73 bits per heavy atom. The van der Waals surface area contributed by atoms with Crippen molar-refractivity contribution in [2.45, 2.75) is 89.6 Å². The summed E-state index contributed by atoms with van der Waals surface area (Å²) < 4.78 is 0. The maximum Gasteiger partial charge on any atom is 0.237 e. The predicted octanol–water partition coefficient (Wildman–Crippen LogP) is 7.53. The summed E-state index contributed by atoms with van der Waals surface area (Å²) in [5.41, 5.74) is 1.57. The van der Waals surface area contributed by atoms with Crippen molar-refractivity contribution in [3.05, 3.63) is 63.6 Å². The quantitative estimate of drug-likeness (QED) is 0.412. The minimum Gasteiger partial charge on any atom is -0.325 e. The first-order chi connectivity index (χ1) is 17.5. The van der Waals surface area contributed by atoms with E-state index in [-0.39, 0.29) is 29.1 Å². The van der Waals surface area contributed by atoms with Crippen molar-refractivity contribution < 1.29 is 9.59 Å². The molecule has 37 heavy (non-hydrogen) atoms. The molecule has 2 heterocycles. The Labute approximate surface area is 230 Å². The normalized spacial score (nSPS) is 31.4. The van der Waals surface area contributed by atoms with Gasteiger partial charge in [0.15, 0.2) is 5.78 Å². The smallest absolute Gasteiger partial charge is 0.237 e. The standard InChI is InChI=1S/C31H38Cl2N2O2/c1-18-8-10-19(11-9-18)14-25(36)28-27(20-6-5-7-21(32)15-20)31(26(35-28)17-30(2,3)4)23-13-12-22(33)16-24(23)34-29(31)37/h5-7,12-13,15-16,18-19,26-28,35H,8-11,14,17H2,1-4H3,(H,34,37)/t18?,19?,26-,27-,28-,31+/m0/s1. The van der Waals surface area contributed by atoms with Gasteiger partial charge in [0.25, 0.3) is 0 Å². The van der Waals surface area contributed by atoms with Gasteiger partial charge >= 0.3 is 0 Å². The lowest BCUT2D eigenvalue weighted by Crippen LogP contribution is -2.49. The highest BCUT2D eigenvalue weighted by molar-refractivity contribution is 6.31. The number of fused-ring (bicyclic) bond motifs is 2. The Bertz CT molecular complexity index is 1200. The van der Waals surface area contributed by atoms with Crippen LogP contribution in [0.2, 0.25) is 10.0 Å². The Balaban J connectivity index is 1.64. The minimum atomic E-state index is -0.945. The second-order valence-corrected chi connectivity index (χ2v) is 13.7. The molecule has 1 saturated carbocycles. The second-order valence-electron chi connectivity index (χ2n) is 12.8. The van der Waals surface area contributed by atoms with E-state index in [1.165, 1.54) is 12.8 Å². The largest absolute Gasteiger partial charge is 0.325 e. The van der Waals surface area contributed by atoms with E-state index in [0.717, 1.165) is 42.0 Å². The molecule has 1 spiro atoms. The van der Waals surface area contributed by atoms with E-state index in [1.54, 1.807) is 0 Å². The first kappa shape index (κ1) is 26.7. The first-order valence-electron chi connectivity index (χ1n) is 13.6. The summed E-state index contributed by atoms with van der Waals surface area (Å²) in [6.07, 6.45) is 5.85. The number of anilines is 1. The van der Waals surface area contributed by atoms with E-state index >= 15 is 0 Å². The number of Topliss-reactive ketones (excluding diaryl/α,β-unsaturated/α-hetero) is 1. The highest BCUT2D eigenvalue weighted by Crippen LogP contribution is 2.57. The fraction of sp³-hybridized carbons (Fsp3) is 0.548. The molecule has 2 aromatic rings. The molecule has 4 atom stereocenters.